The Morgan fingerprint density at radius 3 is 2.60 bits per heavy atom. The Morgan fingerprint density at radius 1 is 1.27 bits per heavy atom. The molecule has 4 nitrogen and oxygen atoms in total. The lowest BCUT2D eigenvalue weighted by Gasteiger charge is -2.19. The predicted molar refractivity (Wildman–Crippen MR) is 63.5 cm³/mol. The Morgan fingerprint density at radius 2 is 2.00 bits per heavy atom. The van der Waals surface area contributed by atoms with Crippen LogP contribution in [0.1, 0.15) is 5.69 Å². The van der Waals surface area contributed by atoms with Crippen LogP contribution in [-0.4, -0.2) is 49.0 Å². The minimum atomic E-state index is 0.772. The minimum absolute atomic E-state index is 0.772. The monoisotopic (exact) mass is 208 g/mol. The van der Waals surface area contributed by atoms with E-state index in [0.717, 1.165) is 31.0 Å². The van der Waals surface area contributed by atoms with E-state index in [1.807, 2.05) is 12.1 Å². The molecule has 0 spiro atoms. The summed E-state index contributed by atoms with van der Waals surface area (Å²) in [5.74, 6) is 0. The van der Waals surface area contributed by atoms with Crippen LogP contribution in [0, 0.1) is 0 Å². The van der Waals surface area contributed by atoms with Crippen molar-refractivity contribution in [2.75, 3.05) is 40.0 Å². The number of likely N-dealkylation sites (N-methyl/N-ethyl adjacent to an activating group) is 2. The summed E-state index contributed by atoms with van der Waals surface area (Å²) in [6, 6.07) is 3.75. The van der Waals surface area contributed by atoms with E-state index in [9.17, 15) is 0 Å². The van der Waals surface area contributed by atoms with Gasteiger partial charge in [-0.05, 0) is 33.3 Å². The molecule has 0 atom stereocenters. The molecule has 1 aromatic heterocycles. The molecule has 0 saturated carbocycles. The number of hydrogen-bond donors (Lipinski definition) is 1. The van der Waals surface area contributed by atoms with Crippen LogP contribution in [-0.2, 0) is 6.54 Å². The third-order valence-electron chi connectivity index (χ3n) is 2.27. The summed E-state index contributed by atoms with van der Waals surface area (Å²) in [5.41, 5.74) is 7.55. The smallest absolute Gasteiger partial charge is 0.0772 e. The highest BCUT2D eigenvalue weighted by atomic mass is 15.2. The van der Waals surface area contributed by atoms with Gasteiger partial charge in [-0.1, -0.05) is 0 Å². The number of nitrogens with two attached hydrogens (primary N) is 1. The fourth-order valence-electron chi connectivity index (χ4n) is 1.29. The SMILES string of the molecule is CN(C)CCN(C)Cc1ncccc1N. The quantitative estimate of drug-likeness (QED) is 0.772. The van der Waals surface area contributed by atoms with Crippen molar-refractivity contribution in [1.29, 1.82) is 0 Å². The summed E-state index contributed by atoms with van der Waals surface area (Å²) in [7, 11) is 6.23. The molecular weight excluding hydrogens is 188 g/mol. The van der Waals surface area contributed by atoms with Gasteiger partial charge in [0.05, 0.1) is 11.4 Å². The maximum atomic E-state index is 5.83. The Bertz CT molecular complexity index is 298. The summed E-state index contributed by atoms with van der Waals surface area (Å²) >= 11 is 0. The van der Waals surface area contributed by atoms with E-state index in [1.165, 1.54) is 0 Å². The molecule has 1 heterocycles. The van der Waals surface area contributed by atoms with Crippen LogP contribution in [0.5, 0.6) is 0 Å². The average Bonchev–Trinajstić information content (AvgIpc) is 2.18. The molecule has 0 aliphatic heterocycles. The van der Waals surface area contributed by atoms with Crippen molar-refractivity contribution < 1.29 is 0 Å². The molecule has 0 aromatic carbocycles. The Kier molecular flexibility index (Phi) is 4.52. The van der Waals surface area contributed by atoms with Crippen molar-refractivity contribution in [2.24, 2.45) is 0 Å². The maximum Gasteiger partial charge on any atom is 0.0772 e. The average molecular weight is 208 g/mol. The van der Waals surface area contributed by atoms with Crippen molar-refractivity contribution in [3.8, 4) is 0 Å². The highest BCUT2D eigenvalue weighted by Crippen LogP contribution is 2.08. The summed E-state index contributed by atoms with van der Waals surface area (Å²) in [6.45, 7) is 2.87. The number of aromatic nitrogens is 1. The topological polar surface area (TPSA) is 45.4 Å². The number of anilines is 1. The summed E-state index contributed by atoms with van der Waals surface area (Å²) < 4.78 is 0. The first-order valence-corrected chi connectivity index (χ1v) is 5.12. The largest absolute Gasteiger partial charge is 0.397 e. The summed E-state index contributed by atoms with van der Waals surface area (Å²) in [4.78, 5) is 8.65. The van der Waals surface area contributed by atoms with E-state index in [-0.39, 0.29) is 0 Å². The van der Waals surface area contributed by atoms with Crippen LogP contribution in [0.2, 0.25) is 0 Å². The summed E-state index contributed by atoms with van der Waals surface area (Å²) in [6.07, 6.45) is 1.78. The van der Waals surface area contributed by atoms with Gasteiger partial charge in [0, 0.05) is 25.8 Å². The standard InChI is InChI=1S/C11H20N4/c1-14(2)7-8-15(3)9-11-10(12)5-4-6-13-11/h4-6H,7-9,12H2,1-3H3. The van der Waals surface area contributed by atoms with E-state index < -0.39 is 0 Å². The zero-order valence-electron chi connectivity index (χ0n) is 9.77. The zero-order chi connectivity index (χ0) is 11.3. The molecule has 0 saturated heterocycles. The van der Waals surface area contributed by atoms with E-state index in [1.54, 1.807) is 6.20 Å². The Hall–Kier alpha value is -1.13. The summed E-state index contributed by atoms with van der Waals surface area (Å²) in [5, 5.41) is 0. The van der Waals surface area contributed by atoms with Crippen molar-refractivity contribution >= 4 is 5.69 Å². The third-order valence-corrected chi connectivity index (χ3v) is 2.27. The van der Waals surface area contributed by atoms with Gasteiger partial charge >= 0.3 is 0 Å². The van der Waals surface area contributed by atoms with Crippen LogP contribution in [0.3, 0.4) is 0 Å². The maximum absolute atomic E-state index is 5.83. The number of rotatable bonds is 5. The number of nitrogen functional groups attached to an aromatic ring is 1. The first-order valence-electron chi connectivity index (χ1n) is 5.12. The van der Waals surface area contributed by atoms with Crippen molar-refractivity contribution in [3.05, 3.63) is 24.0 Å². The molecule has 0 aliphatic carbocycles. The number of nitrogens with zero attached hydrogens (tertiary/aromatic N) is 3. The fraction of sp³-hybridized carbons (Fsp3) is 0.545. The van der Waals surface area contributed by atoms with Crippen molar-refractivity contribution in [1.82, 2.24) is 14.8 Å². The highest BCUT2D eigenvalue weighted by molar-refractivity contribution is 5.41. The lowest BCUT2D eigenvalue weighted by atomic mass is 10.3. The van der Waals surface area contributed by atoms with E-state index in [2.05, 4.69) is 35.9 Å². The van der Waals surface area contributed by atoms with Gasteiger partial charge < -0.3 is 10.6 Å². The van der Waals surface area contributed by atoms with Gasteiger partial charge in [-0.2, -0.15) is 0 Å². The van der Waals surface area contributed by atoms with E-state index >= 15 is 0 Å². The van der Waals surface area contributed by atoms with E-state index in [0.29, 0.717) is 0 Å². The van der Waals surface area contributed by atoms with Gasteiger partial charge in [0.1, 0.15) is 0 Å². The predicted octanol–water partition coefficient (Wildman–Crippen LogP) is 0.657. The van der Waals surface area contributed by atoms with Crippen LogP contribution >= 0.6 is 0 Å². The molecular formula is C11H20N4. The Labute approximate surface area is 91.7 Å². The number of hydrogen-bond acceptors (Lipinski definition) is 4. The lowest BCUT2D eigenvalue weighted by Crippen LogP contribution is -2.28. The lowest BCUT2D eigenvalue weighted by molar-refractivity contribution is 0.274. The van der Waals surface area contributed by atoms with Crippen LogP contribution in [0.25, 0.3) is 0 Å². The molecule has 0 unspecified atom stereocenters. The first kappa shape index (κ1) is 11.9. The van der Waals surface area contributed by atoms with Gasteiger partial charge in [-0.3, -0.25) is 9.88 Å². The normalized spacial score (nSPS) is 11.3. The minimum Gasteiger partial charge on any atom is -0.397 e. The molecule has 0 radical (unpaired) electrons. The molecule has 15 heavy (non-hydrogen) atoms. The van der Waals surface area contributed by atoms with Crippen LogP contribution < -0.4 is 5.73 Å². The van der Waals surface area contributed by atoms with Crippen LogP contribution in [0.4, 0.5) is 5.69 Å². The molecule has 0 amide bonds. The van der Waals surface area contributed by atoms with E-state index in [4.69, 9.17) is 5.73 Å². The molecule has 0 fully saturated rings. The second-order valence-electron chi connectivity index (χ2n) is 4.08. The Balaban J connectivity index is 2.44. The second-order valence-corrected chi connectivity index (χ2v) is 4.08. The molecule has 0 aliphatic rings. The fourth-order valence-corrected chi connectivity index (χ4v) is 1.29. The zero-order valence-corrected chi connectivity index (χ0v) is 9.77. The van der Waals surface area contributed by atoms with Gasteiger partial charge in [-0.15, -0.1) is 0 Å². The van der Waals surface area contributed by atoms with Crippen LogP contribution in [0.15, 0.2) is 18.3 Å². The van der Waals surface area contributed by atoms with Gasteiger partial charge in [0.25, 0.3) is 0 Å². The number of pyridine rings is 1. The molecule has 84 valence electrons. The second kappa shape index (κ2) is 5.68. The molecule has 0 bridgehead atoms. The van der Waals surface area contributed by atoms with Gasteiger partial charge in [0.2, 0.25) is 0 Å². The molecule has 2 N–H and O–H groups in total. The molecule has 1 rings (SSSR count). The third kappa shape index (κ3) is 4.27. The molecule has 1 aromatic rings. The van der Waals surface area contributed by atoms with Gasteiger partial charge in [-0.25, -0.2) is 0 Å². The van der Waals surface area contributed by atoms with Gasteiger partial charge in [0.15, 0.2) is 0 Å². The highest BCUT2D eigenvalue weighted by Gasteiger charge is 2.04. The van der Waals surface area contributed by atoms with Crippen molar-refractivity contribution in [3.63, 3.8) is 0 Å². The van der Waals surface area contributed by atoms with Crippen molar-refractivity contribution in [2.45, 2.75) is 6.54 Å². The first-order chi connectivity index (χ1) is 7.09. The molecule has 4 heteroatoms.